The fraction of sp³-hybridized carbons (Fsp3) is 0.100. The predicted octanol–water partition coefficient (Wildman–Crippen LogP) is 3.82. The van der Waals surface area contributed by atoms with Crippen LogP contribution in [-0.2, 0) is 4.79 Å². The van der Waals surface area contributed by atoms with E-state index in [-0.39, 0.29) is 21.4 Å². The van der Waals surface area contributed by atoms with Crippen molar-refractivity contribution >= 4 is 51.6 Å². The van der Waals surface area contributed by atoms with Gasteiger partial charge in [0, 0.05) is 10.7 Å². The molecule has 1 atom stereocenters. The summed E-state index contributed by atoms with van der Waals surface area (Å²) in [6.07, 6.45) is -0.269. The van der Waals surface area contributed by atoms with Crippen molar-refractivity contribution in [2.45, 2.75) is 13.0 Å². The molecule has 0 fully saturated rings. The number of aryl methyl sites for hydroxylation is 1. The van der Waals surface area contributed by atoms with Gasteiger partial charge < -0.3 is 16.2 Å². The number of benzene rings is 2. The molecule has 0 spiro atoms. The molecule has 8 nitrogen and oxygen atoms in total. The number of carbonyl (C=O) groups excluding carboxylic acids is 1. The van der Waals surface area contributed by atoms with Gasteiger partial charge in [0.15, 0.2) is 11.9 Å². The number of anilines is 2. The Morgan fingerprint density at radius 1 is 1.23 bits per heavy atom. The van der Waals surface area contributed by atoms with Crippen molar-refractivity contribution in [3.63, 3.8) is 0 Å². The molecule has 2 heterocycles. The Morgan fingerprint density at radius 2 is 2.00 bits per heavy atom. The quantitative estimate of drug-likeness (QED) is 0.425. The average molecular weight is 461 g/mol. The molecule has 4 N–H and O–H groups in total. The van der Waals surface area contributed by atoms with Crippen LogP contribution in [0.3, 0.4) is 0 Å². The smallest absolute Gasteiger partial charge is 0.257 e. The van der Waals surface area contributed by atoms with Crippen LogP contribution in [0.1, 0.15) is 17.4 Å². The lowest BCUT2D eigenvalue weighted by atomic mass is 10.1. The van der Waals surface area contributed by atoms with Crippen molar-refractivity contribution in [3.8, 4) is 5.69 Å². The van der Waals surface area contributed by atoms with Gasteiger partial charge in [-0.15, -0.1) is 0 Å². The second-order valence-electron chi connectivity index (χ2n) is 6.71. The number of hydrogen-bond acceptors (Lipinski definition) is 6. The Hall–Kier alpha value is -3.27. The molecular weight excluding hydrogens is 446 g/mol. The maximum absolute atomic E-state index is 13.5. The number of carbonyl (C=O) groups is 1. The van der Waals surface area contributed by atoms with Crippen LogP contribution in [-0.4, -0.2) is 30.8 Å². The summed E-state index contributed by atoms with van der Waals surface area (Å²) in [5, 5.41) is 17.5. The number of fused-ring (bicyclic) bond motifs is 1. The van der Waals surface area contributed by atoms with Gasteiger partial charge in [-0.1, -0.05) is 23.2 Å². The van der Waals surface area contributed by atoms with Crippen LogP contribution in [0.25, 0.3) is 16.7 Å². The minimum Gasteiger partial charge on any atom is -0.382 e. The highest BCUT2D eigenvalue weighted by molar-refractivity contribution is 6.33. The number of aliphatic hydroxyl groups excluding tert-OH is 1. The van der Waals surface area contributed by atoms with E-state index in [1.807, 2.05) is 0 Å². The van der Waals surface area contributed by atoms with Crippen molar-refractivity contribution < 1.29 is 14.3 Å². The first-order valence-corrected chi connectivity index (χ1v) is 9.71. The molecule has 4 aromatic rings. The molecule has 0 saturated heterocycles. The molecule has 2 aromatic heterocycles. The largest absolute Gasteiger partial charge is 0.382 e. The van der Waals surface area contributed by atoms with E-state index in [0.29, 0.717) is 28.1 Å². The Bertz CT molecular complexity index is 1310. The first-order valence-electron chi connectivity index (χ1n) is 8.95. The zero-order valence-electron chi connectivity index (χ0n) is 16.0. The highest BCUT2D eigenvalue weighted by Gasteiger charge is 2.20. The number of nitrogens with zero attached hydrogens (tertiary/aromatic N) is 4. The summed E-state index contributed by atoms with van der Waals surface area (Å²) in [6.45, 7) is 1.79. The van der Waals surface area contributed by atoms with Gasteiger partial charge >= 0.3 is 0 Å². The molecule has 1 unspecified atom stereocenters. The summed E-state index contributed by atoms with van der Waals surface area (Å²) < 4.78 is 15.0. The number of nitrogens with one attached hydrogen (secondary N) is 1. The topological polar surface area (TPSA) is 119 Å². The number of nitrogens with two attached hydrogens (primary N) is 1. The Balaban J connectivity index is 1.62. The lowest BCUT2D eigenvalue weighted by Gasteiger charge is -2.14. The van der Waals surface area contributed by atoms with Gasteiger partial charge in [0.2, 0.25) is 0 Å². The number of aliphatic hydroxyl groups is 1. The molecular formula is C20H15Cl2FN6O2. The molecule has 0 radical (unpaired) electrons. The molecule has 0 saturated carbocycles. The summed E-state index contributed by atoms with van der Waals surface area (Å²) in [6, 6.07) is 8.11. The summed E-state index contributed by atoms with van der Waals surface area (Å²) in [7, 11) is 0. The van der Waals surface area contributed by atoms with Crippen LogP contribution in [0.4, 0.5) is 15.9 Å². The maximum Gasteiger partial charge on any atom is 0.257 e. The van der Waals surface area contributed by atoms with Gasteiger partial charge in [-0.2, -0.15) is 5.10 Å². The minimum atomic E-state index is -1.62. The van der Waals surface area contributed by atoms with E-state index >= 15 is 0 Å². The molecule has 31 heavy (non-hydrogen) atoms. The van der Waals surface area contributed by atoms with Gasteiger partial charge in [0.05, 0.1) is 16.4 Å². The van der Waals surface area contributed by atoms with Gasteiger partial charge in [-0.25, -0.2) is 19.0 Å². The molecule has 0 bridgehead atoms. The summed E-state index contributed by atoms with van der Waals surface area (Å²) in [5.41, 5.74) is 8.58. The average Bonchev–Trinajstić information content (AvgIpc) is 3.04. The fourth-order valence-corrected chi connectivity index (χ4v) is 3.63. The molecule has 11 heteroatoms. The molecule has 0 aliphatic carbocycles. The predicted molar refractivity (Wildman–Crippen MR) is 116 cm³/mol. The highest BCUT2D eigenvalue weighted by atomic mass is 35.5. The van der Waals surface area contributed by atoms with Crippen molar-refractivity contribution in [2.24, 2.45) is 0 Å². The Labute approximate surface area is 185 Å². The summed E-state index contributed by atoms with van der Waals surface area (Å²) in [4.78, 5) is 20.6. The second kappa shape index (κ2) is 8.10. The normalized spacial score (nSPS) is 12.2. The molecule has 158 valence electrons. The summed E-state index contributed by atoms with van der Waals surface area (Å²) in [5.74, 6) is -1.19. The minimum absolute atomic E-state index is 0.0270. The van der Waals surface area contributed by atoms with Crippen molar-refractivity contribution in [1.29, 1.82) is 0 Å². The summed E-state index contributed by atoms with van der Waals surface area (Å²) >= 11 is 12.2. The maximum atomic E-state index is 13.5. The highest BCUT2D eigenvalue weighted by Crippen LogP contribution is 2.30. The first-order chi connectivity index (χ1) is 14.7. The third kappa shape index (κ3) is 4.02. The van der Waals surface area contributed by atoms with E-state index in [1.165, 1.54) is 23.1 Å². The number of halogens is 3. The van der Waals surface area contributed by atoms with Crippen molar-refractivity contribution in [1.82, 2.24) is 19.7 Å². The van der Waals surface area contributed by atoms with Gasteiger partial charge in [0.1, 0.15) is 23.2 Å². The van der Waals surface area contributed by atoms with Crippen molar-refractivity contribution in [2.75, 3.05) is 11.1 Å². The third-order valence-electron chi connectivity index (χ3n) is 4.55. The standard InChI is InChI=1S/C20H15Cl2FN6O2/c1-9-16-17(19(24)26-8-25-16)29(28-9)15-3-2-13(7-14(15)22)27-20(31)18(30)10-4-11(21)6-12(23)5-10/h2-8,18,30H,1H3,(H,27,31)(H2,24,25,26). The van der Waals surface area contributed by atoms with Crippen LogP contribution in [0, 0.1) is 12.7 Å². The van der Waals surface area contributed by atoms with Gasteiger partial charge in [-0.3, -0.25) is 4.79 Å². The van der Waals surface area contributed by atoms with E-state index < -0.39 is 17.8 Å². The van der Waals surface area contributed by atoms with E-state index in [0.717, 1.165) is 12.1 Å². The zero-order chi connectivity index (χ0) is 22.3. The fourth-order valence-electron chi connectivity index (χ4n) is 3.14. The number of amides is 1. The van der Waals surface area contributed by atoms with Gasteiger partial charge in [0.25, 0.3) is 5.91 Å². The van der Waals surface area contributed by atoms with Crippen molar-refractivity contribution in [3.05, 3.63) is 69.8 Å². The number of aromatic nitrogens is 4. The van der Waals surface area contributed by atoms with Crippen LogP contribution in [0.15, 0.2) is 42.7 Å². The van der Waals surface area contributed by atoms with Crippen LogP contribution in [0.2, 0.25) is 10.0 Å². The zero-order valence-corrected chi connectivity index (χ0v) is 17.5. The second-order valence-corrected chi connectivity index (χ2v) is 7.56. The number of hydrogen-bond donors (Lipinski definition) is 3. The first kappa shape index (κ1) is 21.0. The Morgan fingerprint density at radius 3 is 2.71 bits per heavy atom. The van der Waals surface area contributed by atoms with E-state index in [9.17, 15) is 14.3 Å². The SMILES string of the molecule is Cc1nn(-c2ccc(NC(=O)C(O)c3cc(F)cc(Cl)c3)cc2Cl)c2c(N)ncnc12. The van der Waals surface area contributed by atoms with Crippen LogP contribution < -0.4 is 11.1 Å². The van der Waals surface area contributed by atoms with Crippen LogP contribution >= 0.6 is 23.2 Å². The van der Waals surface area contributed by atoms with E-state index in [1.54, 1.807) is 19.1 Å². The van der Waals surface area contributed by atoms with E-state index in [2.05, 4.69) is 20.4 Å². The lowest BCUT2D eigenvalue weighted by Crippen LogP contribution is -2.21. The molecule has 1 amide bonds. The monoisotopic (exact) mass is 460 g/mol. The third-order valence-corrected chi connectivity index (χ3v) is 5.07. The van der Waals surface area contributed by atoms with Crippen LogP contribution in [0.5, 0.6) is 0 Å². The van der Waals surface area contributed by atoms with Gasteiger partial charge in [-0.05, 0) is 48.9 Å². The molecule has 0 aliphatic rings. The number of rotatable bonds is 4. The molecule has 2 aromatic carbocycles. The Kier molecular flexibility index (Phi) is 5.48. The molecule has 0 aliphatic heterocycles. The number of nitrogen functional groups attached to an aromatic ring is 1. The lowest BCUT2D eigenvalue weighted by molar-refractivity contribution is -0.124. The molecule has 4 rings (SSSR count). The van der Waals surface area contributed by atoms with E-state index in [4.69, 9.17) is 28.9 Å².